The minimum atomic E-state index is -0.0431. The monoisotopic (exact) mass is 255 g/mol. The minimum absolute atomic E-state index is 0.0431. The third-order valence-electron chi connectivity index (χ3n) is 2.01. The Balaban J connectivity index is 3.95. The van der Waals surface area contributed by atoms with Crippen LogP contribution in [-0.4, -0.2) is 47.1 Å². The zero-order valence-electron chi connectivity index (χ0n) is 9.76. The Morgan fingerprint density at radius 3 is 2.29 bits per heavy atom. The Morgan fingerprint density at radius 2 is 1.82 bits per heavy atom. The van der Waals surface area contributed by atoms with Crippen molar-refractivity contribution in [2.24, 2.45) is 0 Å². The second kappa shape index (κ2) is 11.3. The number of thioether (sulfide) groups is 1. The van der Waals surface area contributed by atoms with Crippen LogP contribution >= 0.6 is 11.8 Å². The predicted molar refractivity (Wildman–Crippen MR) is 66.1 cm³/mol. The molecule has 0 aromatic heterocycles. The quantitative estimate of drug-likeness (QED) is 0.614. The summed E-state index contributed by atoms with van der Waals surface area (Å²) in [6.45, 7) is 0.906. The summed E-state index contributed by atoms with van der Waals surface area (Å²) in [6, 6.07) is 3.98. The first kappa shape index (κ1) is 15.8. The Morgan fingerprint density at radius 1 is 1.24 bits per heavy atom. The van der Waals surface area contributed by atoms with E-state index >= 15 is 0 Å². The standard InChI is InChI=1S/C11H17N3O2S/c12-4-1-6-14(7-2-5-13)11(16)10-17-9-3-8-15/h15H,1-3,6-10H2. The topological polar surface area (TPSA) is 88.1 Å². The molecule has 1 N–H and O–H groups in total. The maximum Gasteiger partial charge on any atom is 0.232 e. The van der Waals surface area contributed by atoms with Gasteiger partial charge in [0.25, 0.3) is 0 Å². The van der Waals surface area contributed by atoms with Gasteiger partial charge in [-0.1, -0.05) is 0 Å². The molecule has 17 heavy (non-hydrogen) atoms. The predicted octanol–water partition coefficient (Wildman–Crippen LogP) is 0.758. The minimum Gasteiger partial charge on any atom is -0.396 e. The first-order valence-corrected chi connectivity index (χ1v) is 6.62. The molecule has 5 nitrogen and oxygen atoms in total. The van der Waals surface area contributed by atoms with E-state index in [0.717, 1.165) is 5.75 Å². The van der Waals surface area contributed by atoms with Crippen molar-refractivity contribution in [1.29, 1.82) is 10.5 Å². The SMILES string of the molecule is N#CCCN(CCC#N)C(=O)CSCCCO. The summed E-state index contributed by atoms with van der Waals surface area (Å²) < 4.78 is 0. The van der Waals surface area contributed by atoms with Gasteiger partial charge in [0.1, 0.15) is 0 Å². The molecule has 0 spiro atoms. The lowest BCUT2D eigenvalue weighted by atomic mass is 10.3. The highest BCUT2D eigenvalue weighted by Gasteiger charge is 2.12. The molecule has 0 aliphatic rings. The van der Waals surface area contributed by atoms with Crippen LogP contribution in [0.2, 0.25) is 0 Å². The van der Waals surface area contributed by atoms with E-state index in [1.165, 1.54) is 11.8 Å². The van der Waals surface area contributed by atoms with E-state index in [9.17, 15) is 4.79 Å². The highest BCUT2D eigenvalue weighted by Crippen LogP contribution is 2.05. The van der Waals surface area contributed by atoms with Gasteiger partial charge in [-0.05, 0) is 12.2 Å². The van der Waals surface area contributed by atoms with Crippen molar-refractivity contribution in [3.63, 3.8) is 0 Å². The number of hydrogen-bond acceptors (Lipinski definition) is 5. The lowest BCUT2D eigenvalue weighted by molar-refractivity contribution is -0.128. The molecule has 0 rings (SSSR count). The maximum atomic E-state index is 11.7. The van der Waals surface area contributed by atoms with Crippen molar-refractivity contribution in [2.75, 3.05) is 31.2 Å². The number of amides is 1. The van der Waals surface area contributed by atoms with Gasteiger partial charge in [0.15, 0.2) is 0 Å². The third kappa shape index (κ3) is 8.56. The van der Waals surface area contributed by atoms with Gasteiger partial charge in [0.2, 0.25) is 5.91 Å². The fraction of sp³-hybridized carbons (Fsp3) is 0.727. The van der Waals surface area contributed by atoms with Crippen LogP contribution in [0.1, 0.15) is 19.3 Å². The summed E-state index contributed by atoms with van der Waals surface area (Å²) in [6.07, 6.45) is 1.26. The highest BCUT2D eigenvalue weighted by molar-refractivity contribution is 7.99. The number of rotatable bonds is 9. The summed E-state index contributed by atoms with van der Waals surface area (Å²) in [5, 5.41) is 25.6. The lowest BCUT2D eigenvalue weighted by Crippen LogP contribution is -2.34. The summed E-state index contributed by atoms with van der Waals surface area (Å²) in [5.41, 5.74) is 0. The van der Waals surface area contributed by atoms with Crippen LogP contribution < -0.4 is 0 Å². The van der Waals surface area contributed by atoms with Crippen molar-refractivity contribution in [3.8, 4) is 12.1 Å². The molecule has 0 aromatic rings. The van der Waals surface area contributed by atoms with Crippen LogP contribution in [0.5, 0.6) is 0 Å². The molecule has 0 bridgehead atoms. The molecule has 0 atom stereocenters. The van der Waals surface area contributed by atoms with Crippen molar-refractivity contribution in [2.45, 2.75) is 19.3 Å². The average Bonchev–Trinajstić information content (AvgIpc) is 2.34. The molecule has 0 aromatic carbocycles. The van der Waals surface area contributed by atoms with Gasteiger partial charge in [-0.25, -0.2) is 0 Å². The highest BCUT2D eigenvalue weighted by atomic mass is 32.2. The molecule has 0 unspecified atom stereocenters. The molecular formula is C11H17N3O2S. The van der Waals surface area contributed by atoms with Crippen molar-refractivity contribution >= 4 is 17.7 Å². The first-order chi connectivity index (χ1) is 8.26. The van der Waals surface area contributed by atoms with Gasteiger partial charge >= 0.3 is 0 Å². The van der Waals surface area contributed by atoms with Gasteiger partial charge in [-0.3, -0.25) is 4.79 Å². The van der Waals surface area contributed by atoms with Crippen LogP contribution in [-0.2, 0) is 4.79 Å². The summed E-state index contributed by atoms with van der Waals surface area (Å²) in [4.78, 5) is 13.3. The number of carbonyl (C=O) groups excluding carboxylic acids is 1. The number of aliphatic hydroxyl groups excluding tert-OH is 1. The Hall–Kier alpha value is -1.24. The second-order valence-electron chi connectivity index (χ2n) is 3.33. The molecule has 0 fully saturated rings. The Kier molecular flexibility index (Phi) is 10.4. The number of nitrogens with zero attached hydrogens (tertiary/aromatic N) is 3. The summed E-state index contributed by atoms with van der Waals surface area (Å²) in [7, 11) is 0. The van der Waals surface area contributed by atoms with E-state index in [-0.39, 0.29) is 12.5 Å². The van der Waals surface area contributed by atoms with Crippen molar-refractivity contribution < 1.29 is 9.90 Å². The molecular weight excluding hydrogens is 238 g/mol. The van der Waals surface area contributed by atoms with Gasteiger partial charge in [0.05, 0.1) is 30.7 Å². The number of carbonyl (C=O) groups is 1. The van der Waals surface area contributed by atoms with Gasteiger partial charge in [-0.2, -0.15) is 22.3 Å². The number of nitriles is 2. The zero-order chi connectivity index (χ0) is 12.9. The van der Waals surface area contributed by atoms with Crippen LogP contribution in [0.3, 0.4) is 0 Å². The smallest absolute Gasteiger partial charge is 0.232 e. The first-order valence-electron chi connectivity index (χ1n) is 5.46. The third-order valence-corrected chi connectivity index (χ3v) is 3.04. The van der Waals surface area contributed by atoms with Crippen LogP contribution in [0, 0.1) is 22.7 Å². The van der Waals surface area contributed by atoms with Crippen LogP contribution in [0.4, 0.5) is 0 Å². The molecule has 1 amide bonds. The summed E-state index contributed by atoms with van der Waals surface area (Å²) >= 11 is 1.46. The molecule has 0 aliphatic heterocycles. The summed E-state index contributed by atoms with van der Waals surface area (Å²) in [5.74, 6) is 1.04. The van der Waals surface area contributed by atoms with E-state index < -0.39 is 0 Å². The molecule has 94 valence electrons. The largest absolute Gasteiger partial charge is 0.396 e. The number of hydrogen-bond donors (Lipinski definition) is 1. The van der Waals surface area contributed by atoms with E-state index in [1.807, 2.05) is 12.1 Å². The average molecular weight is 255 g/mol. The molecule has 0 saturated carbocycles. The maximum absolute atomic E-state index is 11.7. The van der Waals surface area contributed by atoms with Crippen molar-refractivity contribution in [1.82, 2.24) is 4.90 Å². The molecule has 0 saturated heterocycles. The zero-order valence-corrected chi connectivity index (χ0v) is 10.6. The van der Waals surface area contributed by atoms with Gasteiger partial charge in [0, 0.05) is 19.7 Å². The van der Waals surface area contributed by atoms with Crippen LogP contribution in [0.25, 0.3) is 0 Å². The fourth-order valence-electron chi connectivity index (χ4n) is 1.15. The fourth-order valence-corrected chi connectivity index (χ4v) is 1.98. The number of aliphatic hydroxyl groups is 1. The Bertz CT molecular complexity index is 278. The van der Waals surface area contributed by atoms with E-state index in [2.05, 4.69) is 0 Å². The van der Waals surface area contributed by atoms with Gasteiger partial charge < -0.3 is 10.0 Å². The van der Waals surface area contributed by atoms with E-state index in [4.69, 9.17) is 15.6 Å². The van der Waals surface area contributed by atoms with E-state index in [1.54, 1.807) is 4.90 Å². The van der Waals surface area contributed by atoms with Crippen molar-refractivity contribution in [3.05, 3.63) is 0 Å². The molecule has 0 heterocycles. The Labute approximate surface area is 106 Å². The normalized spacial score (nSPS) is 9.35. The lowest BCUT2D eigenvalue weighted by Gasteiger charge is -2.20. The molecule has 0 radical (unpaired) electrons. The van der Waals surface area contributed by atoms with Crippen LogP contribution in [0.15, 0.2) is 0 Å². The molecule has 0 aliphatic carbocycles. The molecule has 6 heteroatoms. The van der Waals surface area contributed by atoms with Gasteiger partial charge in [-0.15, -0.1) is 0 Å². The van der Waals surface area contributed by atoms with E-state index in [0.29, 0.717) is 38.1 Å². The second-order valence-corrected chi connectivity index (χ2v) is 4.43.